The number of nitrogens with zero attached hydrogens (tertiary/aromatic N) is 2. The van der Waals surface area contributed by atoms with Crippen LogP contribution in [0.2, 0.25) is 0 Å². The first-order valence-corrected chi connectivity index (χ1v) is 9.42. The van der Waals surface area contributed by atoms with Gasteiger partial charge in [-0.2, -0.15) is 0 Å². The molecule has 128 valence electrons. The first-order chi connectivity index (χ1) is 11.7. The van der Waals surface area contributed by atoms with E-state index in [0.717, 1.165) is 50.9 Å². The second-order valence-electron chi connectivity index (χ2n) is 7.94. The number of carbonyl (C=O) groups excluding carboxylic acids is 1. The van der Waals surface area contributed by atoms with Gasteiger partial charge in [0.15, 0.2) is 0 Å². The molecule has 1 aromatic rings. The number of piperidine rings is 2. The quantitative estimate of drug-likeness (QED) is 0.849. The van der Waals surface area contributed by atoms with Crippen LogP contribution in [-0.2, 0) is 4.79 Å². The summed E-state index contributed by atoms with van der Waals surface area (Å²) in [4.78, 5) is 16.9. The van der Waals surface area contributed by atoms with Crippen molar-refractivity contribution in [2.45, 2.75) is 26.2 Å². The first kappa shape index (κ1) is 15.9. The molecule has 2 unspecified atom stereocenters. The van der Waals surface area contributed by atoms with Crippen LogP contribution in [0.4, 0.5) is 0 Å². The molecule has 1 aliphatic carbocycles. The Bertz CT molecular complexity index is 603. The Morgan fingerprint density at radius 1 is 1.12 bits per heavy atom. The van der Waals surface area contributed by atoms with Crippen LogP contribution in [0.3, 0.4) is 0 Å². The van der Waals surface area contributed by atoms with E-state index in [4.69, 9.17) is 0 Å². The SMILES string of the molecule is Cc1ccc(/C=C/C2CCN(C(=O)CN3CC4CC4C3)CC2)cc1. The zero-order chi connectivity index (χ0) is 16.5. The van der Waals surface area contributed by atoms with Crippen molar-refractivity contribution in [3.05, 3.63) is 41.5 Å². The zero-order valence-electron chi connectivity index (χ0n) is 14.7. The van der Waals surface area contributed by atoms with Crippen LogP contribution in [0, 0.1) is 24.7 Å². The molecule has 2 atom stereocenters. The van der Waals surface area contributed by atoms with Crippen LogP contribution in [0.25, 0.3) is 6.08 Å². The van der Waals surface area contributed by atoms with Crippen molar-refractivity contribution in [1.82, 2.24) is 9.80 Å². The molecule has 2 heterocycles. The monoisotopic (exact) mass is 324 g/mol. The van der Waals surface area contributed by atoms with Gasteiger partial charge in [0.1, 0.15) is 0 Å². The van der Waals surface area contributed by atoms with Gasteiger partial charge in [0.25, 0.3) is 0 Å². The molecule has 0 N–H and O–H groups in total. The van der Waals surface area contributed by atoms with Crippen LogP contribution >= 0.6 is 0 Å². The van der Waals surface area contributed by atoms with Gasteiger partial charge in [-0.3, -0.25) is 9.69 Å². The van der Waals surface area contributed by atoms with Gasteiger partial charge in [-0.05, 0) is 49.5 Å². The molecule has 24 heavy (non-hydrogen) atoms. The number of amides is 1. The predicted octanol–water partition coefficient (Wildman–Crippen LogP) is 3.20. The van der Waals surface area contributed by atoms with E-state index in [1.54, 1.807) is 0 Å². The zero-order valence-corrected chi connectivity index (χ0v) is 14.7. The maximum atomic E-state index is 12.5. The van der Waals surface area contributed by atoms with Crippen LogP contribution in [0.1, 0.15) is 30.4 Å². The van der Waals surface area contributed by atoms with E-state index in [2.05, 4.69) is 53.1 Å². The van der Waals surface area contributed by atoms with E-state index in [1.807, 2.05) is 0 Å². The minimum Gasteiger partial charge on any atom is -0.342 e. The molecule has 2 saturated heterocycles. The van der Waals surface area contributed by atoms with Crippen molar-refractivity contribution in [3.63, 3.8) is 0 Å². The summed E-state index contributed by atoms with van der Waals surface area (Å²) in [6, 6.07) is 8.66. The summed E-state index contributed by atoms with van der Waals surface area (Å²) in [5.41, 5.74) is 2.57. The second-order valence-corrected chi connectivity index (χ2v) is 7.94. The Morgan fingerprint density at radius 2 is 1.79 bits per heavy atom. The van der Waals surface area contributed by atoms with Crippen molar-refractivity contribution < 1.29 is 4.79 Å². The molecule has 2 aliphatic heterocycles. The highest BCUT2D eigenvalue weighted by Crippen LogP contribution is 2.44. The third-order valence-corrected chi connectivity index (χ3v) is 5.94. The Morgan fingerprint density at radius 3 is 2.46 bits per heavy atom. The molecule has 3 nitrogen and oxygen atoms in total. The Labute approximate surface area is 145 Å². The van der Waals surface area contributed by atoms with E-state index >= 15 is 0 Å². The molecule has 3 heteroatoms. The van der Waals surface area contributed by atoms with Gasteiger partial charge in [0.05, 0.1) is 6.54 Å². The smallest absolute Gasteiger partial charge is 0.236 e. The lowest BCUT2D eigenvalue weighted by molar-refractivity contribution is -0.133. The fraction of sp³-hybridized carbons (Fsp3) is 0.571. The summed E-state index contributed by atoms with van der Waals surface area (Å²) < 4.78 is 0. The molecular formula is C21H28N2O. The molecule has 0 bridgehead atoms. The van der Waals surface area contributed by atoms with Gasteiger partial charge >= 0.3 is 0 Å². The molecule has 1 saturated carbocycles. The summed E-state index contributed by atoms with van der Waals surface area (Å²) in [6.07, 6.45) is 8.17. The van der Waals surface area contributed by atoms with E-state index < -0.39 is 0 Å². The number of aryl methyl sites for hydroxylation is 1. The summed E-state index contributed by atoms with van der Waals surface area (Å²) in [7, 11) is 0. The average molecular weight is 324 g/mol. The standard InChI is InChI=1S/C21H28N2O/c1-16-2-4-17(5-3-16)6-7-18-8-10-23(11-9-18)21(24)15-22-13-19-12-20(19)14-22/h2-7,18-20H,8-15H2,1H3/b7-6+. The fourth-order valence-corrected chi connectivity index (χ4v) is 4.18. The van der Waals surface area contributed by atoms with Gasteiger partial charge in [-0.25, -0.2) is 0 Å². The fourth-order valence-electron chi connectivity index (χ4n) is 4.18. The Hall–Kier alpha value is -1.61. The number of hydrogen-bond acceptors (Lipinski definition) is 2. The first-order valence-electron chi connectivity index (χ1n) is 9.42. The van der Waals surface area contributed by atoms with Crippen molar-refractivity contribution in [2.75, 3.05) is 32.7 Å². The predicted molar refractivity (Wildman–Crippen MR) is 97.6 cm³/mol. The van der Waals surface area contributed by atoms with Crippen molar-refractivity contribution in [1.29, 1.82) is 0 Å². The van der Waals surface area contributed by atoms with Gasteiger partial charge in [0.2, 0.25) is 5.91 Å². The average Bonchev–Trinajstić information content (AvgIpc) is 3.21. The molecular weight excluding hydrogens is 296 g/mol. The Kier molecular flexibility index (Phi) is 4.45. The topological polar surface area (TPSA) is 23.6 Å². The van der Waals surface area contributed by atoms with Gasteiger partial charge in [-0.15, -0.1) is 0 Å². The van der Waals surface area contributed by atoms with Crippen LogP contribution in [-0.4, -0.2) is 48.4 Å². The largest absolute Gasteiger partial charge is 0.342 e. The lowest BCUT2D eigenvalue weighted by Crippen LogP contribution is -2.43. The Balaban J connectivity index is 1.22. The highest BCUT2D eigenvalue weighted by molar-refractivity contribution is 5.78. The van der Waals surface area contributed by atoms with Gasteiger partial charge < -0.3 is 4.90 Å². The number of likely N-dealkylation sites (tertiary alicyclic amines) is 2. The maximum absolute atomic E-state index is 12.5. The van der Waals surface area contributed by atoms with Crippen LogP contribution < -0.4 is 0 Å². The molecule has 1 aromatic carbocycles. The van der Waals surface area contributed by atoms with Crippen molar-refractivity contribution >= 4 is 12.0 Å². The highest BCUT2D eigenvalue weighted by Gasteiger charge is 2.45. The molecule has 1 amide bonds. The normalized spacial score (nSPS) is 27.6. The third kappa shape index (κ3) is 3.72. The third-order valence-electron chi connectivity index (χ3n) is 5.94. The molecule has 0 radical (unpaired) electrons. The number of carbonyl (C=O) groups is 1. The summed E-state index contributed by atoms with van der Waals surface area (Å²) in [6.45, 7) is 6.92. The minimum absolute atomic E-state index is 0.345. The molecule has 3 aliphatic rings. The summed E-state index contributed by atoms with van der Waals surface area (Å²) in [5, 5.41) is 0. The second kappa shape index (κ2) is 6.72. The van der Waals surface area contributed by atoms with Crippen LogP contribution in [0.5, 0.6) is 0 Å². The highest BCUT2D eigenvalue weighted by atomic mass is 16.2. The van der Waals surface area contributed by atoms with Crippen LogP contribution in [0.15, 0.2) is 30.3 Å². The number of hydrogen-bond donors (Lipinski definition) is 0. The summed E-state index contributed by atoms with van der Waals surface area (Å²) in [5.74, 6) is 2.78. The lowest BCUT2D eigenvalue weighted by Gasteiger charge is -2.32. The van der Waals surface area contributed by atoms with Crippen molar-refractivity contribution in [3.8, 4) is 0 Å². The van der Waals surface area contributed by atoms with E-state index in [1.165, 1.54) is 17.5 Å². The number of fused-ring (bicyclic) bond motifs is 1. The molecule has 0 aromatic heterocycles. The summed E-state index contributed by atoms with van der Waals surface area (Å²) >= 11 is 0. The lowest BCUT2D eigenvalue weighted by atomic mass is 9.95. The van der Waals surface area contributed by atoms with Crippen molar-refractivity contribution in [2.24, 2.45) is 17.8 Å². The number of allylic oxidation sites excluding steroid dienone is 1. The minimum atomic E-state index is 0.345. The van der Waals surface area contributed by atoms with Gasteiger partial charge in [-0.1, -0.05) is 42.0 Å². The van der Waals surface area contributed by atoms with E-state index in [0.29, 0.717) is 18.4 Å². The van der Waals surface area contributed by atoms with Gasteiger partial charge in [0, 0.05) is 26.2 Å². The number of rotatable bonds is 4. The molecule has 0 spiro atoms. The van der Waals surface area contributed by atoms with E-state index in [-0.39, 0.29) is 0 Å². The molecule has 3 fully saturated rings. The van der Waals surface area contributed by atoms with E-state index in [9.17, 15) is 4.79 Å². The molecule has 4 rings (SSSR count). The maximum Gasteiger partial charge on any atom is 0.236 e. The number of benzene rings is 1.